The maximum atomic E-state index is 13.8. The zero-order chi connectivity index (χ0) is 22.3. The summed E-state index contributed by atoms with van der Waals surface area (Å²) in [6.45, 7) is 3.81. The van der Waals surface area contributed by atoms with Crippen molar-refractivity contribution >= 4 is 29.1 Å². The second kappa shape index (κ2) is 7.95. The Morgan fingerprint density at radius 1 is 1.09 bits per heavy atom. The van der Waals surface area contributed by atoms with Crippen LogP contribution in [0.4, 0.5) is 5.69 Å². The van der Waals surface area contributed by atoms with Gasteiger partial charge in [-0.1, -0.05) is 41.9 Å². The molecule has 7 heteroatoms. The SMILES string of the molecule is CCN(CC(=O)N1CCN2C(=O)c3ccccc3C12c1ccc(Cl)cc1)c1cccnc1. The van der Waals surface area contributed by atoms with Gasteiger partial charge in [-0.15, -0.1) is 0 Å². The smallest absolute Gasteiger partial charge is 0.256 e. The molecule has 1 unspecified atom stereocenters. The molecule has 0 bridgehead atoms. The van der Waals surface area contributed by atoms with Crippen LogP contribution in [0.15, 0.2) is 73.1 Å². The predicted molar refractivity (Wildman–Crippen MR) is 124 cm³/mol. The van der Waals surface area contributed by atoms with E-state index >= 15 is 0 Å². The van der Waals surface area contributed by atoms with Crippen molar-refractivity contribution in [1.29, 1.82) is 0 Å². The molecule has 0 radical (unpaired) electrons. The van der Waals surface area contributed by atoms with Gasteiger partial charge in [0, 0.05) is 47.5 Å². The number of hydrogen-bond donors (Lipinski definition) is 0. The van der Waals surface area contributed by atoms with Crippen molar-refractivity contribution in [1.82, 2.24) is 14.8 Å². The highest BCUT2D eigenvalue weighted by molar-refractivity contribution is 6.30. The van der Waals surface area contributed by atoms with Gasteiger partial charge in [0.15, 0.2) is 5.66 Å². The maximum absolute atomic E-state index is 13.8. The van der Waals surface area contributed by atoms with Gasteiger partial charge in [0.1, 0.15) is 0 Å². The molecule has 0 aliphatic carbocycles. The molecule has 0 N–H and O–H groups in total. The van der Waals surface area contributed by atoms with Crippen LogP contribution in [0.1, 0.15) is 28.4 Å². The van der Waals surface area contributed by atoms with Gasteiger partial charge < -0.3 is 14.7 Å². The zero-order valence-electron chi connectivity index (χ0n) is 17.7. The van der Waals surface area contributed by atoms with Crippen molar-refractivity contribution < 1.29 is 9.59 Å². The number of halogens is 1. The molecule has 6 nitrogen and oxygen atoms in total. The fourth-order valence-corrected chi connectivity index (χ4v) is 5.08. The van der Waals surface area contributed by atoms with Gasteiger partial charge in [0.05, 0.1) is 18.4 Å². The van der Waals surface area contributed by atoms with Gasteiger partial charge in [-0.05, 0) is 37.3 Å². The Kier molecular flexibility index (Phi) is 5.10. The van der Waals surface area contributed by atoms with Crippen LogP contribution in [0.25, 0.3) is 0 Å². The minimum atomic E-state index is -0.969. The van der Waals surface area contributed by atoms with E-state index in [1.165, 1.54) is 0 Å². The van der Waals surface area contributed by atoms with Crippen LogP contribution >= 0.6 is 11.6 Å². The van der Waals surface area contributed by atoms with E-state index in [1.54, 1.807) is 12.4 Å². The number of amides is 2. The largest absolute Gasteiger partial charge is 0.361 e. The summed E-state index contributed by atoms with van der Waals surface area (Å²) in [7, 11) is 0. The van der Waals surface area contributed by atoms with E-state index < -0.39 is 5.66 Å². The van der Waals surface area contributed by atoms with Crippen LogP contribution < -0.4 is 4.90 Å². The fourth-order valence-electron chi connectivity index (χ4n) is 4.96. The topological polar surface area (TPSA) is 56.8 Å². The normalized spacial score (nSPS) is 19.1. The molecule has 1 fully saturated rings. The van der Waals surface area contributed by atoms with Crippen LogP contribution in [0.3, 0.4) is 0 Å². The highest BCUT2D eigenvalue weighted by Crippen LogP contribution is 2.49. The molecule has 2 amide bonds. The lowest BCUT2D eigenvalue weighted by atomic mass is 9.90. The third kappa shape index (κ3) is 2.98. The van der Waals surface area contributed by atoms with Crippen LogP contribution in [-0.4, -0.2) is 52.8 Å². The standard InChI is InChI=1S/C25H23ClN4O2/c1-2-28(20-6-5-13-27-16-20)17-23(31)29-14-15-30-24(32)21-7-3-4-8-22(21)25(29,30)18-9-11-19(26)12-10-18/h3-13,16H,2,14-15,17H2,1H3. The second-order valence-electron chi connectivity index (χ2n) is 7.95. The molecule has 3 aromatic rings. The van der Waals surface area contributed by atoms with E-state index in [-0.39, 0.29) is 18.4 Å². The van der Waals surface area contributed by atoms with Gasteiger partial charge in [-0.2, -0.15) is 0 Å². The number of nitrogens with zero attached hydrogens (tertiary/aromatic N) is 4. The molecule has 1 aromatic heterocycles. The summed E-state index contributed by atoms with van der Waals surface area (Å²) in [4.78, 5) is 37.0. The number of fused-ring (bicyclic) bond motifs is 3. The zero-order valence-corrected chi connectivity index (χ0v) is 18.5. The van der Waals surface area contributed by atoms with Gasteiger partial charge in [-0.3, -0.25) is 14.6 Å². The van der Waals surface area contributed by atoms with Crippen LogP contribution in [0.5, 0.6) is 0 Å². The summed E-state index contributed by atoms with van der Waals surface area (Å²) >= 11 is 6.17. The highest BCUT2D eigenvalue weighted by atomic mass is 35.5. The Labute approximate surface area is 192 Å². The number of benzene rings is 2. The summed E-state index contributed by atoms with van der Waals surface area (Å²) in [5.74, 6) is -0.0943. The van der Waals surface area contributed by atoms with Crippen LogP contribution in [-0.2, 0) is 10.5 Å². The number of anilines is 1. The molecular weight excluding hydrogens is 424 g/mol. The summed E-state index contributed by atoms with van der Waals surface area (Å²) < 4.78 is 0. The van der Waals surface area contributed by atoms with Gasteiger partial charge in [0.2, 0.25) is 5.91 Å². The van der Waals surface area contributed by atoms with Crippen molar-refractivity contribution in [3.8, 4) is 0 Å². The summed E-state index contributed by atoms with van der Waals surface area (Å²) in [6.07, 6.45) is 3.48. The number of pyridine rings is 1. The molecule has 32 heavy (non-hydrogen) atoms. The number of carbonyl (C=O) groups is 2. The van der Waals surface area contributed by atoms with Crippen molar-refractivity contribution in [3.05, 3.63) is 94.8 Å². The fraction of sp³-hybridized carbons (Fsp3) is 0.240. The van der Waals surface area contributed by atoms with Gasteiger partial charge >= 0.3 is 0 Å². The number of rotatable bonds is 5. The van der Waals surface area contributed by atoms with E-state index in [1.807, 2.05) is 82.3 Å². The summed E-state index contributed by atoms with van der Waals surface area (Å²) in [6, 6.07) is 18.8. The van der Waals surface area contributed by atoms with Crippen molar-refractivity contribution in [2.24, 2.45) is 0 Å². The number of likely N-dealkylation sites (N-methyl/N-ethyl adjacent to an activating group) is 1. The third-order valence-electron chi connectivity index (χ3n) is 6.37. The highest BCUT2D eigenvalue weighted by Gasteiger charge is 2.59. The molecule has 2 aliphatic heterocycles. The van der Waals surface area contributed by atoms with Crippen molar-refractivity contribution in [2.45, 2.75) is 12.6 Å². The molecule has 2 aromatic carbocycles. The minimum Gasteiger partial charge on any atom is -0.361 e. The summed E-state index contributed by atoms with van der Waals surface area (Å²) in [5, 5.41) is 0.610. The van der Waals surface area contributed by atoms with Gasteiger partial charge in [0.25, 0.3) is 5.91 Å². The molecule has 5 rings (SSSR count). The average Bonchev–Trinajstić information content (AvgIpc) is 3.34. The maximum Gasteiger partial charge on any atom is 0.256 e. The Hall–Kier alpha value is -3.38. The van der Waals surface area contributed by atoms with Crippen molar-refractivity contribution in [3.63, 3.8) is 0 Å². The van der Waals surface area contributed by atoms with Gasteiger partial charge in [-0.25, -0.2) is 0 Å². The molecule has 2 aliphatic rings. The van der Waals surface area contributed by atoms with Crippen LogP contribution in [0.2, 0.25) is 5.02 Å². The number of aromatic nitrogens is 1. The monoisotopic (exact) mass is 446 g/mol. The molecule has 1 saturated heterocycles. The molecular formula is C25H23ClN4O2. The number of hydrogen-bond acceptors (Lipinski definition) is 4. The Morgan fingerprint density at radius 3 is 2.59 bits per heavy atom. The number of carbonyl (C=O) groups excluding carboxylic acids is 2. The van der Waals surface area contributed by atoms with Crippen LogP contribution in [0, 0.1) is 0 Å². The first-order chi connectivity index (χ1) is 15.6. The Morgan fingerprint density at radius 2 is 1.88 bits per heavy atom. The van der Waals surface area contributed by atoms with E-state index in [0.29, 0.717) is 30.2 Å². The third-order valence-corrected chi connectivity index (χ3v) is 6.63. The quantitative estimate of drug-likeness (QED) is 0.598. The molecule has 0 saturated carbocycles. The average molecular weight is 447 g/mol. The second-order valence-corrected chi connectivity index (χ2v) is 8.39. The first-order valence-electron chi connectivity index (χ1n) is 10.7. The first kappa shape index (κ1) is 20.5. The predicted octanol–water partition coefficient (Wildman–Crippen LogP) is 3.76. The van der Waals surface area contributed by atoms with E-state index in [9.17, 15) is 9.59 Å². The lowest BCUT2D eigenvalue weighted by molar-refractivity contribution is -0.135. The minimum absolute atomic E-state index is 0.0438. The molecule has 0 spiro atoms. The Balaban J connectivity index is 1.60. The molecule has 3 heterocycles. The molecule has 162 valence electrons. The first-order valence-corrected chi connectivity index (χ1v) is 11.1. The van der Waals surface area contributed by atoms with E-state index in [0.717, 1.165) is 16.8 Å². The summed E-state index contributed by atoms with van der Waals surface area (Å²) in [5.41, 5.74) is 2.25. The lowest BCUT2D eigenvalue weighted by Gasteiger charge is -2.41. The van der Waals surface area contributed by atoms with E-state index in [2.05, 4.69) is 4.98 Å². The Bertz CT molecular complexity index is 1170. The van der Waals surface area contributed by atoms with Crippen molar-refractivity contribution in [2.75, 3.05) is 31.1 Å². The van der Waals surface area contributed by atoms with E-state index in [4.69, 9.17) is 11.6 Å². The molecule has 1 atom stereocenters. The lowest BCUT2D eigenvalue weighted by Crippen LogP contribution is -2.53.